The summed E-state index contributed by atoms with van der Waals surface area (Å²) in [6, 6.07) is 0. The van der Waals surface area contributed by atoms with Gasteiger partial charge in [0.2, 0.25) is 0 Å². The molecule has 0 bridgehead atoms. The van der Waals surface area contributed by atoms with Crippen molar-refractivity contribution in [1.29, 1.82) is 0 Å². The summed E-state index contributed by atoms with van der Waals surface area (Å²) in [5, 5.41) is 0. The van der Waals surface area contributed by atoms with Crippen LogP contribution in [0.15, 0.2) is 0 Å². The van der Waals surface area contributed by atoms with Crippen molar-refractivity contribution in [2.24, 2.45) is 5.92 Å². The number of unbranched alkanes of at least 4 members (excludes halogenated alkanes) is 6. The van der Waals surface area contributed by atoms with Crippen molar-refractivity contribution in [3.8, 4) is 11.8 Å². The zero-order valence-electron chi connectivity index (χ0n) is 12.4. The summed E-state index contributed by atoms with van der Waals surface area (Å²) in [7, 11) is 0. The second-order valence-electron chi connectivity index (χ2n) is 5.07. The normalized spacial score (nSPS) is 11.9. The molecule has 0 N–H and O–H groups in total. The SMILES string of the molecule is CCC#CC(CCCCC)CCCCCCC. The van der Waals surface area contributed by atoms with Gasteiger partial charge in [0.1, 0.15) is 0 Å². The van der Waals surface area contributed by atoms with Gasteiger partial charge in [-0.2, -0.15) is 0 Å². The molecular weight excluding hydrogens is 204 g/mol. The predicted molar refractivity (Wildman–Crippen MR) is 79.1 cm³/mol. The van der Waals surface area contributed by atoms with Crippen molar-refractivity contribution in [2.45, 2.75) is 91.4 Å². The molecule has 0 fully saturated rings. The summed E-state index contributed by atoms with van der Waals surface area (Å²) in [5.41, 5.74) is 0. The van der Waals surface area contributed by atoms with Crippen LogP contribution >= 0.6 is 0 Å². The second-order valence-corrected chi connectivity index (χ2v) is 5.07. The van der Waals surface area contributed by atoms with E-state index in [1.165, 1.54) is 64.2 Å². The lowest BCUT2D eigenvalue weighted by molar-refractivity contribution is 0.485. The molecule has 0 saturated heterocycles. The lowest BCUT2D eigenvalue weighted by atomic mass is 9.95. The van der Waals surface area contributed by atoms with Crippen LogP contribution < -0.4 is 0 Å². The van der Waals surface area contributed by atoms with E-state index in [9.17, 15) is 0 Å². The summed E-state index contributed by atoms with van der Waals surface area (Å²) < 4.78 is 0. The molecule has 17 heavy (non-hydrogen) atoms. The third-order valence-corrected chi connectivity index (χ3v) is 3.30. The fourth-order valence-electron chi connectivity index (χ4n) is 2.17. The average Bonchev–Trinajstić information content (AvgIpc) is 2.35. The minimum Gasteiger partial charge on any atom is -0.103 e. The van der Waals surface area contributed by atoms with E-state index in [1.54, 1.807) is 0 Å². The molecule has 0 aromatic heterocycles. The Hall–Kier alpha value is -0.440. The van der Waals surface area contributed by atoms with Gasteiger partial charge in [-0.25, -0.2) is 0 Å². The zero-order valence-corrected chi connectivity index (χ0v) is 12.4. The molecule has 0 aliphatic rings. The van der Waals surface area contributed by atoms with E-state index in [0.29, 0.717) is 5.92 Å². The van der Waals surface area contributed by atoms with Crippen LogP contribution in [0.25, 0.3) is 0 Å². The van der Waals surface area contributed by atoms with E-state index in [0.717, 1.165) is 6.42 Å². The summed E-state index contributed by atoms with van der Waals surface area (Å²) in [6.07, 6.45) is 14.7. The molecule has 0 aromatic rings. The first-order valence-electron chi connectivity index (χ1n) is 7.83. The van der Waals surface area contributed by atoms with Crippen molar-refractivity contribution < 1.29 is 0 Å². The van der Waals surface area contributed by atoms with Gasteiger partial charge in [0.25, 0.3) is 0 Å². The monoisotopic (exact) mass is 236 g/mol. The Morgan fingerprint density at radius 2 is 1.24 bits per heavy atom. The molecule has 0 heteroatoms. The van der Waals surface area contributed by atoms with E-state index in [2.05, 4.69) is 32.6 Å². The minimum atomic E-state index is 0.683. The van der Waals surface area contributed by atoms with Crippen molar-refractivity contribution in [3.05, 3.63) is 0 Å². The van der Waals surface area contributed by atoms with Crippen LogP contribution in [0.2, 0.25) is 0 Å². The van der Waals surface area contributed by atoms with Crippen molar-refractivity contribution in [2.75, 3.05) is 0 Å². The molecule has 0 aliphatic heterocycles. The van der Waals surface area contributed by atoms with E-state index in [1.807, 2.05) is 0 Å². The van der Waals surface area contributed by atoms with Crippen LogP contribution in [0.1, 0.15) is 91.4 Å². The molecule has 100 valence electrons. The van der Waals surface area contributed by atoms with Gasteiger partial charge in [0.05, 0.1) is 0 Å². The lowest BCUT2D eigenvalue weighted by Gasteiger charge is -2.10. The molecule has 1 atom stereocenters. The first-order chi connectivity index (χ1) is 8.35. The molecule has 0 nitrogen and oxygen atoms in total. The van der Waals surface area contributed by atoms with E-state index < -0.39 is 0 Å². The predicted octanol–water partition coefficient (Wildman–Crippen LogP) is 5.96. The molecule has 0 amide bonds. The van der Waals surface area contributed by atoms with Crippen LogP contribution in [0, 0.1) is 17.8 Å². The van der Waals surface area contributed by atoms with Crippen LogP contribution in [0.4, 0.5) is 0 Å². The van der Waals surface area contributed by atoms with Crippen molar-refractivity contribution in [3.63, 3.8) is 0 Å². The Labute approximate surface area is 110 Å². The zero-order chi connectivity index (χ0) is 12.8. The third-order valence-electron chi connectivity index (χ3n) is 3.30. The van der Waals surface area contributed by atoms with E-state index >= 15 is 0 Å². The highest BCUT2D eigenvalue weighted by atomic mass is 14.1. The highest BCUT2D eigenvalue weighted by Crippen LogP contribution is 2.17. The van der Waals surface area contributed by atoms with Gasteiger partial charge >= 0.3 is 0 Å². The van der Waals surface area contributed by atoms with Gasteiger partial charge in [-0.1, -0.05) is 78.1 Å². The third kappa shape index (κ3) is 11.8. The van der Waals surface area contributed by atoms with Crippen LogP contribution in [0.3, 0.4) is 0 Å². The van der Waals surface area contributed by atoms with E-state index in [-0.39, 0.29) is 0 Å². The topological polar surface area (TPSA) is 0 Å². The maximum atomic E-state index is 3.47. The molecule has 0 spiro atoms. The highest BCUT2D eigenvalue weighted by Gasteiger charge is 2.04. The van der Waals surface area contributed by atoms with Crippen molar-refractivity contribution in [1.82, 2.24) is 0 Å². The molecule has 0 aliphatic carbocycles. The standard InChI is InChI=1S/C17H32/c1-4-7-10-11-13-16-17(14-9-6-3)15-12-8-5-2/h17H,4-8,10-13,15-16H2,1-3H3. The van der Waals surface area contributed by atoms with Gasteiger partial charge in [0, 0.05) is 12.3 Å². The molecule has 0 heterocycles. The fourth-order valence-corrected chi connectivity index (χ4v) is 2.17. The first kappa shape index (κ1) is 16.6. The van der Waals surface area contributed by atoms with Gasteiger partial charge < -0.3 is 0 Å². The molecular formula is C17H32. The summed E-state index contributed by atoms with van der Waals surface area (Å²) >= 11 is 0. The van der Waals surface area contributed by atoms with Gasteiger partial charge in [-0.3, -0.25) is 0 Å². The van der Waals surface area contributed by atoms with Gasteiger partial charge in [-0.15, -0.1) is 5.92 Å². The maximum Gasteiger partial charge on any atom is 0.0202 e. The number of rotatable bonds is 10. The molecule has 1 unspecified atom stereocenters. The minimum absolute atomic E-state index is 0.683. The quantitative estimate of drug-likeness (QED) is 0.324. The fraction of sp³-hybridized carbons (Fsp3) is 0.882. The maximum absolute atomic E-state index is 3.47. The molecule has 0 rings (SSSR count). The summed E-state index contributed by atoms with van der Waals surface area (Å²) in [5.74, 6) is 7.43. The van der Waals surface area contributed by atoms with Gasteiger partial charge in [0.15, 0.2) is 0 Å². The lowest BCUT2D eigenvalue weighted by Crippen LogP contribution is -1.98. The largest absolute Gasteiger partial charge is 0.103 e. The highest BCUT2D eigenvalue weighted by molar-refractivity contribution is 5.02. The van der Waals surface area contributed by atoms with Crippen LogP contribution in [-0.2, 0) is 0 Å². The van der Waals surface area contributed by atoms with Crippen LogP contribution in [0.5, 0.6) is 0 Å². The average molecular weight is 236 g/mol. The smallest absolute Gasteiger partial charge is 0.0202 e. The Morgan fingerprint density at radius 3 is 1.82 bits per heavy atom. The molecule has 0 aromatic carbocycles. The Bertz CT molecular complexity index is 194. The summed E-state index contributed by atoms with van der Waals surface area (Å²) in [4.78, 5) is 0. The number of hydrogen-bond donors (Lipinski definition) is 0. The first-order valence-corrected chi connectivity index (χ1v) is 7.83. The van der Waals surface area contributed by atoms with Crippen molar-refractivity contribution >= 4 is 0 Å². The van der Waals surface area contributed by atoms with Crippen LogP contribution in [-0.4, -0.2) is 0 Å². The summed E-state index contributed by atoms with van der Waals surface area (Å²) in [6.45, 7) is 6.70. The molecule has 0 saturated carbocycles. The number of hydrogen-bond acceptors (Lipinski definition) is 0. The second kappa shape index (κ2) is 13.6. The Kier molecular flexibility index (Phi) is 13.3. The Morgan fingerprint density at radius 1 is 0.706 bits per heavy atom. The van der Waals surface area contributed by atoms with Gasteiger partial charge in [-0.05, 0) is 12.8 Å². The molecule has 0 radical (unpaired) electrons. The van der Waals surface area contributed by atoms with E-state index in [4.69, 9.17) is 0 Å². The Balaban J connectivity index is 3.69.